The Labute approximate surface area is 207 Å². The molecule has 1 atom stereocenters. The lowest BCUT2D eigenvalue weighted by molar-refractivity contribution is -0.132. The Kier molecular flexibility index (Phi) is 8.10. The van der Waals surface area contributed by atoms with Crippen LogP contribution in [0.2, 0.25) is 0 Å². The molecule has 2 fully saturated rings. The molecule has 0 spiro atoms. The van der Waals surface area contributed by atoms with Crippen molar-refractivity contribution in [2.45, 2.75) is 19.1 Å². The van der Waals surface area contributed by atoms with Gasteiger partial charge in [-0.25, -0.2) is 19.0 Å². The number of hydrogen-bond donors (Lipinski definition) is 2. The lowest BCUT2D eigenvalue weighted by Crippen LogP contribution is -2.41. The Morgan fingerprint density at radius 3 is 2.78 bits per heavy atom. The molecule has 3 heterocycles. The van der Waals surface area contributed by atoms with E-state index in [1.54, 1.807) is 16.6 Å². The summed E-state index contributed by atoms with van der Waals surface area (Å²) < 4.78 is 44.7. The largest absolute Gasteiger partial charge is 0.442 e. The molecule has 0 aliphatic carbocycles. The number of thiazole rings is 1. The molecular weight excluding hydrogens is 505 g/mol. The Morgan fingerprint density at radius 1 is 1.22 bits per heavy atom. The van der Waals surface area contributed by atoms with Gasteiger partial charge >= 0.3 is 18.5 Å². The van der Waals surface area contributed by atoms with Crippen molar-refractivity contribution in [3.63, 3.8) is 0 Å². The number of nitrogens with zero attached hydrogens (tertiary/aromatic N) is 4. The van der Waals surface area contributed by atoms with Gasteiger partial charge in [0.25, 0.3) is 5.91 Å². The zero-order valence-corrected chi connectivity index (χ0v) is 19.7. The first kappa shape index (κ1) is 25.5. The van der Waals surface area contributed by atoms with Crippen molar-refractivity contribution in [1.29, 1.82) is 0 Å². The zero-order valence-electron chi connectivity index (χ0n) is 18.9. The van der Waals surface area contributed by atoms with Crippen LogP contribution in [0, 0.1) is 5.82 Å². The van der Waals surface area contributed by atoms with Gasteiger partial charge in [0.2, 0.25) is 0 Å². The number of hydroxylamine groups is 2. The predicted molar refractivity (Wildman–Crippen MR) is 122 cm³/mol. The molecule has 2 saturated heterocycles. The number of ether oxygens (including phenoxy) is 1. The van der Waals surface area contributed by atoms with Gasteiger partial charge in [0.1, 0.15) is 11.9 Å². The van der Waals surface area contributed by atoms with Crippen LogP contribution < -0.4 is 20.4 Å². The highest BCUT2D eigenvalue weighted by Crippen LogP contribution is 2.28. The van der Waals surface area contributed by atoms with Crippen molar-refractivity contribution in [2.24, 2.45) is 0 Å². The summed E-state index contributed by atoms with van der Waals surface area (Å²) in [6.45, 7) is 0.980. The average Bonchev–Trinajstić information content (AvgIpc) is 3.44. The number of alkyl halides is 2. The molecule has 0 radical (unpaired) electrons. The monoisotopic (exact) mass is 528 g/mol. The van der Waals surface area contributed by atoms with Crippen LogP contribution in [0.1, 0.15) is 4.88 Å². The Bertz CT molecular complexity index is 1090. The van der Waals surface area contributed by atoms with Gasteiger partial charge in [0.15, 0.2) is 0 Å². The number of nitrogens with one attached hydrogen (secondary N) is 2. The third-order valence-electron chi connectivity index (χ3n) is 5.47. The number of aromatic nitrogens is 1. The van der Waals surface area contributed by atoms with E-state index in [0.717, 1.165) is 9.78 Å². The van der Waals surface area contributed by atoms with E-state index in [9.17, 15) is 23.2 Å². The Hall–Kier alpha value is -3.59. The number of benzene rings is 1. The summed E-state index contributed by atoms with van der Waals surface area (Å²) in [5.74, 6) is -2.06. The predicted octanol–water partition coefficient (Wildman–Crippen LogP) is 1.95. The zero-order chi connectivity index (χ0) is 25.7. The van der Waals surface area contributed by atoms with E-state index < -0.39 is 36.4 Å². The van der Waals surface area contributed by atoms with E-state index in [4.69, 9.17) is 9.57 Å². The minimum absolute atomic E-state index is 0.0374. The second-order valence-electron chi connectivity index (χ2n) is 7.85. The molecule has 2 aliphatic heterocycles. The summed E-state index contributed by atoms with van der Waals surface area (Å²) in [6.07, 6.45) is -3.13. The maximum absolute atomic E-state index is 15.0. The first-order valence-corrected chi connectivity index (χ1v) is 11.8. The van der Waals surface area contributed by atoms with Crippen LogP contribution in [0.5, 0.6) is 0 Å². The summed E-state index contributed by atoms with van der Waals surface area (Å²) >= 11 is 1.42. The van der Waals surface area contributed by atoms with E-state index in [1.807, 2.05) is 5.32 Å². The highest BCUT2D eigenvalue weighted by Gasteiger charge is 2.33. The number of hydrogen-bond acceptors (Lipinski definition) is 8. The number of halogens is 3. The van der Waals surface area contributed by atoms with Crippen molar-refractivity contribution >= 4 is 40.7 Å². The van der Waals surface area contributed by atoms with E-state index in [1.165, 1.54) is 34.6 Å². The normalized spacial score (nSPS) is 18.3. The summed E-state index contributed by atoms with van der Waals surface area (Å²) in [6, 6.07) is 3.80. The summed E-state index contributed by atoms with van der Waals surface area (Å²) in [4.78, 5) is 48.8. The van der Waals surface area contributed by atoms with Gasteiger partial charge in [0.05, 0.1) is 49.7 Å². The fraction of sp³-hybridized carbons (Fsp3) is 0.429. The number of anilines is 2. The summed E-state index contributed by atoms with van der Waals surface area (Å²) in [7, 11) is 0. The molecule has 0 unspecified atom stereocenters. The van der Waals surface area contributed by atoms with Crippen molar-refractivity contribution < 1.29 is 37.1 Å². The third kappa shape index (κ3) is 6.15. The highest BCUT2D eigenvalue weighted by molar-refractivity contribution is 7.09. The van der Waals surface area contributed by atoms with Crippen LogP contribution in [0.25, 0.3) is 0 Å². The van der Waals surface area contributed by atoms with Gasteiger partial charge in [-0.3, -0.25) is 19.5 Å². The van der Waals surface area contributed by atoms with Gasteiger partial charge in [-0.1, -0.05) is 0 Å². The van der Waals surface area contributed by atoms with Crippen molar-refractivity contribution in [2.75, 3.05) is 49.1 Å². The van der Waals surface area contributed by atoms with Gasteiger partial charge in [-0.2, -0.15) is 8.78 Å². The fourth-order valence-electron chi connectivity index (χ4n) is 3.68. The van der Waals surface area contributed by atoms with Crippen LogP contribution in [0.15, 0.2) is 29.9 Å². The molecule has 4 amide bonds. The molecule has 36 heavy (non-hydrogen) atoms. The molecule has 1 aromatic heterocycles. The number of carbonyl (C=O) groups is 3. The number of cyclic esters (lactones) is 1. The Morgan fingerprint density at radius 2 is 2.06 bits per heavy atom. The molecule has 4 rings (SSSR count). The van der Waals surface area contributed by atoms with Crippen LogP contribution in [0.4, 0.5) is 34.1 Å². The number of carbonyl (C=O) groups excluding carboxylic acids is 3. The lowest BCUT2D eigenvalue weighted by Gasteiger charge is -2.24. The molecule has 0 bridgehead atoms. The first-order valence-electron chi connectivity index (χ1n) is 11.0. The SMILES string of the molecule is O=C(NC[C@H]1CN(c2ccc(N3CCON(C(=O)NCc4cncs4)CC3)c(F)c2)C(=O)O1)C(F)F. The van der Waals surface area contributed by atoms with E-state index in [0.29, 0.717) is 19.6 Å². The molecule has 194 valence electrons. The van der Waals surface area contributed by atoms with Gasteiger partial charge in [0, 0.05) is 24.2 Å². The molecule has 1 aromatic carbocycles. The summed E-state index contributed by atoms with van der Waals surface area (Å²) in [5.41, 5.74) is 2.16. The van der Waals surface area contributed by atoms with Gasteiger partial charge in [-0.15, -0.1) is 11.3 Å². The standard InChI is InChI=1S/C21H23F3N6O5S/c22-16-7-13(29-11-14(35-21(29)33)8-26-19(31)18(23)24)1-2-17(16)28-3-4-30(34-6-5-28)20(32)27-10-15-9-25-12-36-15/h1-2,7,9,12,14,18H,3-6,8,10-11H2,(H,26,31)(H,27,32)/t14-/m0/s1. The van der Waals surface area contributed by atoms with E-state index >= 15 is 4.39 Å². The van der Waals surface area contributed by atoms with Crippen LogP contribution in [-0.2, 0) is 20.9 Å². The second-order valence-corrected chi connectivity index (χ2v) is 8.82. The maximum atomic E-state index is 15.0. The molecule has 2 N–H and O–H groups in total. The minimum Gasteiger partial charge on any atom is -0.442 e. The first-order chi connectivity index (χ1) is 17.3. The quantitative estimate of drug-likeness (QED) is 0.564. The highest BCUT2D eigenvalue weighted by atomic mass is 32.1. The van der Waals surface area contributed by atoms with Crippen LogP contribution in [0.3, 0.4) is 0 Å². The van der Waals surface area contributed by atoms with Gasteiger partial charge in [-0.05, 0) is 18.2 Å². The lowest BCUT2D eigenvalue weighted by atomic mass is 10.2. The van der Waals surface area contributed by atoms with Crippen molar-refractivity contribution in [3.8, 4) is 0 Å². The van der Waals surface area contributed by atoms with Crippen molar-refractivity contribution in [1.82, 2.24) is 20.7 Å². The molecule has 15 heteroatoms. The Balaban J connectivity index is 1.32. The van der Waals surface area contributed by atoms with E-state index in [-0.39, 0.29) is 37.6 Å². The topological polar surface area (TPSA) is 116 Å². The number of rotatable bonds is 7. The number of amides is 4. The van der Waals surface area contributed by atoms with Crippen LogP contribution in [-0.4, -0.2) is 79.9 Å². The minimum atomic E-state index is -3.17. The molecule has 2 aliphatic rings. The van der Waals surface area contributed by atoms with E-state index in [2.05, 4.69) is 10.3 Å². The maximum Gasteiger partial charge on any atom is 0.414 e. The molecule has 11 nitrogen and oxygen atoms in total. The molecule has 0 saturated carbocycles. The third-order valence-corrected chi connectivity index (χ3v) is 6.24. The molecular formula is C21H23F3N6O5S. The van der Waals surface area contributed by atoms with Crippen LogP contribution >= 0.6 is 11.3 Å². The fourth-order valence-corrected chi connectivity index (χ4v) is 4.22. The molecule has 2 aromatic rings. The van der Waals surface area contributed by atoms with Crippen molar-refractivity contribution in [3.05, 3.63) is 40.6 Å². The average molecular weight is 529 g/mol. The summed E-state index contributed by atoms with van der Waals surface area (Å²) in [5, 5.41) is 5.93. The van der Waals surface area contributed by atoms with Gasteiger partial charge < -0.3 is 20.3 Å². The smallest absolute Gasteiger partial charge is 0.414 e. The number of urea groups is 1. The second kappa shape index (κ2) is 11.4.